The van der Waals surface area contributed by atoms with Gasteiger partial charge >= 0.3 is 0 Å². The van der Waals surface area contributed by atoms with Crippen molar-refractivity contribution in [3.05, 3.63) is 99.5 Å². The Morgan fingerprint density at radius 2 is 1.59 bits per heavy atom. The second-order valence-electron chi connectivity index (χ2n) is 9.32. The van der Waals surface area contributed by atoms with E-state index in [-0.39, 0.29) is 18.9 Å². The highest BCUT2D eigenvalue weighted by Crippen LogP contribution is 2.26. The molecule has 0 aliphatic heterocycles. The summed E-state index contributed by atoms with van der Waals surface area (Å²) in [6.07, 6.45) is 2.03. The minimum absolute atomic E-state index is 0.0259. The Bertz CT molecular complexity index is 1400. The number of carbonyl (C=O) groups excluding carboxylic acids is 2. The summed E-state index contributed by atoms with van der Waals surface area (Å²) < 4.78 is 26.8. The van der Waals surface area contributed by atoms with E-state index < -0.39 is 28.5 Å². The molecule has 39 heavy (non-hydrogen) atoms. The number of sulfonamides is 1. The van der Waals surface area contributed by atoms with Gasteiger partial charge in [0.1, 0.15) is 12.6 Å². The molecule has 0 aromatic heterocycles. The highest BCUT2D eigenvalue weighted by atomic mass is 35.5. The third-order valence-electron chi connectivity index (χ3n) is 6.22. The smallest absolute Gasteiger partial charge is 0.244 e. The average Bonchev–Trinajstić information content (AvgIpc) is 2.90. The molecule has 1 N–H and O–H groups in total. The quantitative estimate of drug-likeness (QED) is 0.313. The molecule has 0 unspecified atom stereocenters. The number of carbonyl (C=O) groups is 2. The standard InChI is InChI=1S/C29H33Cl2N3O4S/c1-4-16-32-29(36)27(18-22-11-6-5-7-12-22)33(19-23-14-15-24(30)25(31)17-23)28(35)20-34(39(3,37)38)26-13-9-8-10-21(26)2/h5-15,17,27H,4,16,18-20H2,1-3H3,(H,32,36)/t27-/m1/s1. The molecule has 10 heteroatoms. The summed E-state index contributed by atoms with van der Waals surface area (Å²) in [6.45, 7) is 3.71. The zero-order valence-electron chi connectivity index (χ0n) is 22.2. The van der Waals surface area contributed by atoms with Gasteiger partial charge in [-0.2, -0.15) is 0 Å². The van der Waals surface area contributed by atoms with Crippen molar-refractivity contribution in [2.24, 2.45) is 0 Å². The number of hydrogen-bond donors (Lipinski definition) is 1. The predicted octanol–water partition coefficient (Wildman–Crippen LogP) is 5.23. The summed E-state index contributed by atoms with van der Waals surface area (Å²) in [7, 11) is -3.83. The van der Waals surface area contributed by atoms with Crippen LogP contribution in [0.25, 0.3) is 0 Å². The molecule has 3 aromatic rings. The van der Waals surface area contributed by atoms with Crippen molar-refractivity contribution in [1.29, 1.82) is 0 Å². The Kier molecular flexibility index (Phi) is 10.8. The Labute approximate surface area is 240 Å². The van der Waals surface area contributed by atoms with Gasteiger partial charge in [0, 0.05) is 19.5 Å². The molecule has 0 heterocycles. The number of aryl methyl sites for hydroxylation is 1. The lowest BCUT2D eigenvalue weighted by molar-refractivity contribution is -0.140. The zero-order valence-corrected chi connectivity index (χ0v) is 24.6. The third kappa shape index (κ3) is 8.46. The van der Waals surface area contributed by atoms with Gasteiger partial charge in [-0.05, 0) is 48.2 Å². The van der Waals surface area contributed by atoms with E-state index in [0.29, 0.717) is 33.4 Å². The fourth-order valence-corrected chi connectivity index (χ4v) is 5.42. The summed E-state index contributed by atoms with van der Waals surface area (Å²) in [5, 5.41) is 3.58. The van der Waals surface area contributed by atoms with Gasteiger partial charge in [0.15, 0.2) is 0 Å². The van der Waals surface area contributed by atoms with Crippen LogP contribution >= 0.6 is 23.2 Å². The topological polar surface area (TPSA) is 86.8 Å². The molecule has 7 nitrogen and oxygen atoms in total. The van der Waals surface area contributed by atoms with Crippen molar-refractivity contribution in [3.63, 3.8) is 0 Å². The van der Waals surface area contributed by atoms with Crippen LogP contribution in [0.4, 0.5) is 5.69 Å². The van der Waals surface area contributed by atoms with Gasteiger partial charge in [-0.3, -0.25) is 13.9 Å². The maximum absolute atomic E-state index is 14.0. The van der Waals surface area contributed by atoms with Gasteiger partial charge in [-0.25, -0.2) is 8.42 Å². The van der Waals surface area contributed by atoms with Crippen molar-refractivity contribution in [2.75, 3.05) is 23.7 Å². The number of halogens is 2. The number of rotatable bonds is 12. The summed E-state index contributed by atoms with van der Waals surface area (Å²) in [6, 6.07) is 20.4. The van der Waals surface area contributed by atoms with Gasteiger partial charge in [0.05, 0.1) is 22.0 Å². The lowest BCUT2D eigenvalue weighted by atomic mass is 10.0. The summed E-state index contributed by atoms with van der Waals surface area (Å²) in [5.74, 6) is -0.849. The predicted molar refractivity (Wildman–Crippen MR) is 158 cm³/mol. The van der Waals surface area contributed by atoms with Gasteiger partial charge in [0.2, 0.25) is 21.8 Å². The molecule has 3 aromatic carbocycles. The molecule has 3 rings (SSSR count). The minimum Gasteiger partial charge on any atom is -0.354 e. The number of hydrogen-bond acceptors (Lipinski definition) is 4. The van der Waals surface area contributed by atoms with Gasteiger partial charge < -0.3 is 10.2 Å². The first-order valence-corrected chi connectivity index (χ1v) is 15.2. The summed E-state index contributed by atoms with van der Waals surface area (Å²) in [5.41, 5.74) is 2.62. The fraction of sp³-hybridized carbons (Fsp3) is 0.310. The van der Waals surface area contributed by atoms with Crippen LogP contribution in [0.15, 0.2) is 72.8 Å². The number of anilines is 1. The Morgan fingerprint density at radius 1 is 0.923 bits per heavy atom. The molecule has 0 fully saturated rings. The van der Waals surface area contributed by atoms with E-state index in [4.69, 9.17) is 23.2 Å². The third-order valence-corrected chi connectivity index (χ3v) is 8.09. The number of benzene rings is 3. The Morgan fingerprint density at radius 3 is 2.21 bits per heavy atom. The molecular weight excluding hydrogens is 557 g/mol. The second kappa shape index (κ2) is 13.8. The first kappa shape index (κ1) is 30.5. The lowest BCUT2D eigenvalue weighted by Crippen LogP contribution is -2.53. The van der Waals surface area contributed by atoms with Crippen molar-refractivity contribution in [3.8, 4) is 0 Å². The van der Waals surface area contributed by atoms with Crippen LogP contribution in [0.2, 0.25) is 10.0 Å². The molecule has 0 aliphatic carbocycles. The van der Waals surface area contributed by atoms with E-state index in [1.54, 1.807) is 49.4 Å². The van der Waals surface area contributed by atoms with Crippen LogP contribution in [-0.4, -0.2) is 50.5 Å². The van der Waals surface area contributed by atoms with Crippen LogP contribution < -0.4 is 9.62 Å². The van der Waals surface area contributed by atoms with Crippen molar-refractivity contribution >= 4 is 50.7 Å². The van der Waals surface area contributed by atoms with E-state index in [9.17, 15) is 18.0 Å². The molecular formula is C29H33Cl2N3O4S. The van der Waals surface area contributed by atoms with E-state index in [0.717, 1.165) is 22.5 Å². The van der Waals surface area contributed by atoms with Crippen molar-refractivity contribution in [1.82, 2.24) is 10.2 Å². The number of amides is 2. The minimum atomic E-state index is -3.83. The van der Waals surface area contributed by atoms with E-state index >= 15 is 0 Å². The maximum Gasteiger partial charge on any atom is 0.244 e. The van der Waals surface area contributed by atoms with E-state index in [1.807, 2.05) is 37.3 Å². The first-order chi connectivity index (χ1) is 18.5. The monoisotopic (exact) mass is 589 g/mol. The maximum atomic E-state index is 14.0. The molecule has 0 aliphatic rings. The molecule has 0 bridgehead atoms. The molecule has 0 spiro atoms. The van der Waals surface area contributed by atoms with Crippen LogP contribution in [0.5, 0.6) is 0 Å². The molecule has 0 saturated heterocycles. The van der Waals surface area contributed by atoms with E-state index in [2.05, 4.69) is 5.32 Å². The van der Waals surface area contributed by atoms with Crippen LogP contribution in [0.3, 0.4) is 0 Å². The molecule has 0 radical (unpaired) electrons. The molecule has 208 valence electrons. The van der Waals surface area contributed by atoms with Crippen molar-refractivity contribution < 1.29 is 18.0 Å². The van der Waals surface area contributed by atoms with Crippen LogP contribution in [0.1, 0.15) is 30.0 Å². The number of para-hydroxylation sites is 1. The van der Waals surface area contributed by atoms with E-state index in [1.165, 1.54) is 4.90 Å². The summed E-state index contributed by atoms with van der Waals surface area (Å²) >= 11 is 12.4. The van der Waals surface area contributed by atoms with Gasteiger partial charge in [-0.15, -0.1) is 0 Å². The number of nitrogens with one attached hydrogen (secondary N) is 1. The van der Waals surface area contributed by atoms with Crippen molar-refractivity contribution in [2.45, 2.75) is 39.3 Å². The van der Waals surface area contributed by atoms with Crippen LogP contribution in [-0.2, 0) is 32.6 Å². The Hall–Kier alpha value is -3.07. The largest absolute Gasteiger partial charge is 0.354 e. The number of nitrogens with zero attached hydrogens (tertiary/aromatic N) is 2. The van der Waals surface area contributed by atoms with Gasteiger partial charge in [-0.1, -0.05) is 84.7 Å². The van der Waals surface area contributed by atoms with Gasteiger partial charge in [0.25, 0.3) is 0 Å². The normalized spacial score (nSPS) is 12.0. The fourth-order valence-electron chi connectivity index (χ4n) is 4.19. The first-order valence-electron chi connectivity index (χ1n) is 12.6. The highest BCUT2D eigenvalue weighted by Gasteiger charge is 2.33. The molecule has 2 amide bonds. The SMILES string of the molecule is CCCNC(=O)[C@@H](Cc1ccccc1)N(Cc1ccc(Cl)c(Cl)c1)C(=O)CN(c1ccccc1C)S(C)(=O)=O. The average molecular weight is 591 g/mol. The zero-order chi connectivity index (χ0) is 28.6. The van der Waals surface area contributed by atoms with Crippen LogP contribution in [0, 0.1) is 6.92 Å². The lowest BCUT2D eigenvalue weighted by Gasteiger charge is -2.33. The Balaban J connectivity index is 2.07. The molecule has 1 atom stereocenters. The molecule has 0 saturated carbocycles. The summed E-state index contributed by atoms with van der Waals surface area (Å²) in [4.78, 5) is 28.9. The highest BCUT2D eigenvalue weighted by molar-refractivity contribution is 7.92. The second-order valence-corrected chi connectivity index (χ2v) is 12.0.